The van der Waals surface area contributed by atoms with E-state index in [0.29, 0.717) is 0 Å². The zero-order valence-electron chi connectivity index (χ0n) is 47.8. The maximum absolute atomic E-state index is 2.53. The van der Waals surface area contributed by atoms with Crippen LogP contribution in [-0.2, 0) is 0 Å². The van der Waals surface area contributed by atoms with E-state index in [1.807, 2.05) is 0 Å². The molecule has 0 unspecified atom stereocenters. The SMILES string of the molecule is c1ccc(-c2ccccc2-c2c3ccccc3c(-c3cccc4c3c3cccc5c6ccccc6n4c53)c3cc(-c4ccc5c(-c6ccc7ccccc7c6)c6ccccc6c(-c6ccc7c8cccc9c%10ccccc%10n(c7c6)c98)c5c4)ccc23)cc1. The first kappa shape index (κ1) is 47.7. The molecule has 404 valence electrons. The van der Waals surface area contributed by atoms with Crippen molar-refractivity contribution in [3.05, 3.63) is 303 Å². The van der Waals surface area contributed by atoms with E-state index in [0.717, 1.165) is 11.1 Å². The Balaban J connectivity index is 0.899. The highest BCUT2D eigenvalue weighted by molar-refractivity contribution is 6.31. The van der Waals surface area contributed by atoms with Crippen LogP contribution in [0.5, 0.6) is 0 Å². The molecule has 0 radical (unpaired) electrons. The quantitative estimate of drug-likeness (QED) is 0.147. The third-order valence-electron chi connectivity index (χ3n) is 19.7. The van der Waals surface area contributed by atoms with Crippen molar-refractivity contribution in [3.8, 4) is 66.8 Å². The summed E-state index contributed by atoms with van der Waals surface area (Å²) in [6.45, 7) is 0. The van der Waals surface area contributed by atoms with Gasteiger partial charge in [-0.15, -0.1) is 0 Å². The molecule has 16 aromatic carbocycles. The van der Waals surface area contributed by atoms with Gasteiger partial charge < -0.3 is 8.80 Å². The van der Waals surface area contributed by atoms with Crippen LogP contribution in [-0.4, -0.2) is 8.80 Å². The third-order valence-corrected chi connectivity index (χ3v) is 19.7. The molecule has 2 heteroatoms. The second-order valence-corrected chi connectivity index (χ2v) is 24.1. The molecule has 0 amide bonds. The standard InChI is InChI=1S/C86H50N2/c1-2-20-52(21-3-1)58-23-6-7-26-62(58)82-65-29-10-11-30-66(65)83(72-34-18-38-78-84(72)73-35-17-33-70-60-25-12-14-36-76(60)87(78)86(70)73)75-49-55(42-46-68(75)82)54-41-45-67-74(48-54)81(64-28-9-8-27-63(64)80(67)56-40-39-51-19-4-5-22-53(51)47-56)57-43-44-61-71-32-16-31-69-59-24-13-15-37-77(59)88(85(69)71)79(61)50-57/h1-50H. The van der Waals surface area contributed by atoms with Crippen LogP contribution in [0, 0.1) is 0 Å². The summed E-state index contributed by atoms with van der Waals surface area (Å²) in [5.74, 6) is 0. The number of nitrogens with zero attached hydrogens (tertiary/aromatic N) is 2. The first-order chi connectivity index (χ1) is 43.7. The Labute approximate surface area is 505 Å². The lowest BCUT2D eigenvalue weighted by atomic mass is 9.81. The molecule has 0 saturated heterocycles. The molecule has 2 nitrogen and oxygen atoms in total. The van der Waals surface area contributed by atoms with Gasteiger partial charge in [0.1, 0.15) is 0 Å². The highest BCUT2D eigenvalue weighted by Crippen LogP contribution is 2.52. The van der Waals surface area contributed by atoms with Gasteiger partial charge in [0, 0.05) is 43.1 Å². The fraction of sp³-hybridized carbons (Fsp3) is 0. The lowest BCUT2D eigenvalue weighted by Crippen LogP contribution is -1.94. The largest absolute Gasteiger partial charge is 0.308 e. The van der Waals surface area contributed by atoms with E-state index in [1.165, 1.54) is 186 Å². The van der Waals surface area contributed by atoms with Crippen LogP contribution in [0.1, 0.15) is 0 Å². The molecule has 0 spiro atoms. The lowest BCUT2D eigenvalue weighted by molar-refractivity contribution is 1.37. The van der Waals surface area contributed by atoms with E-state index in [1.54, 1.807) is 0 Å². The normalized spacial score (nSPS) is 12.3. The number of benzene rings is 16. The van der Waals surface area contributed by atoms with Crippen LogP contribution in [0.4, 0.5) is 0 Å². The monoisotopic (exact) mass is 1110 g/mol. The molecule has 0 aliphatic heterocycles. The number of hydrogen-bond donors (Lipinski definition) is 0. The van der Waals surface area contributed by atoms with Crippen LogP contribution in [0.3, 0.4) is 0 Å². The van der Waals surface area contributed by atoms with Gasteiger partial charge in [-0.3, -0.25) is 0 Å². The maximum Gasteiger partial charge on any atom is 0.0620 e. The number of para-hydroxylation sites is 4. The number of fused-ring (bicyclic) bond motifs is 17. The summed E-state index contributed by atoms with van der Waals surface area (Å²) in [6, 6.07) is 114. The molecule has 4 heterocycles. The molecule has 88 heavy (non-hydrogen) atoms. The van der Waals surface area contributed by atoms with Gasteiger partial charge in [0.2, 0.25) is 0 Å². The average Bonchev–Trinajstić information content (AvgIpc) is 1.54. The Bertz CT molecular complexity index is 6350. The number of rotatable bonds is 6. The molecule has 0 atom stereocenters. The van der Waals surface area contributed by atoms with Crippen LogP contribution in [0.25, 0.3) is 197 Å². The summed E-state index contributed by atoms with van der Waals surface area (Å²) >= 11 is 0. The van der Waals surface area contributed by atoms with Crippen molar-refractivity contribution in [1.82, 2.24) is 8.80 Å². The fourth-order valence-corrected chi connectivity index (χ4v) is 16.1. The summed E-state index contributed by atoms with van der Waals surface area (Å²) in [4.78, 5) is 0. The molecular formula is C86H50N2. The van der Waals surface area contributed by atoms with Gasteiger partial charge in [-0.2, -0.15) is 0 Å². The minimum absolute atomic E-state index is 1.16. The topological polar surface area (TPSA) is 8.82 Å². The molecular weight excluding hydrogens is 1060 g/mol. The summed E-state index contributed by atoms with van der Waals surface area (Å²) in [5.41, 5.74) is 22.0. The maximum atomic E-state index is 2.53. The van der Waals surface area contributed by atoms with Gasteiger partial charge >= 0.3 is 0 Å². The van der Waals surface area contributed by atoms with Gasteiger partial charge in [0.05, 0.1) is 33.1 Å². The summed E-state index contributed by atoms with van der Waals surface area (Å²) in [6.07, 6.45) is 0. The van der Waals surface area contributed by atoms with Gasteiger partial charge in [-0.25, -0.2) is 0 Å². The van der Waals surface area contributed by atoms with Crippen molar-refractivity contribution >= 4 is 130 Å². The Kier molecular flexibility index (Phi) is 9.75. The predicted molar refractivity (Wildman–Crippen MR) is 376 cm³/mol. The summed E-state index contributed by atoms with van der Waals surface area (Å²) in [7, 11) is 0. The molecule has 0 aliphatic carbocycles. The second kappa shape index (κ2) is 18.0. The van der Waals surface area contributed by atoms with Crippen LogP contribution < -0.4 is 0 Å². The Morgan fingerprint density at radius 2 is 0.568 bits per heavy atom. The molecule has 20 rings (SSSR count). The number of aromatic nitrogens is 2. The molecule has 0 fully saturated rings. The van der Waals surface area contributed by atoms with Crippen LogP contribution in [0.15, 0.2) is 303 Å². The third kappa shape index (κ3) is 6.50. The Hall–Kier alpha value is -11.6. The first-order valence-corrected chi connectivity index (χ1v) is 30.7. The average molecular weight is 1110 g/mol. The molecule has 0 bridgehead atoms. The highest BCUT2D eigenvalue weighted by Gasteiger charge is 2.26. The molecule has 4 aromatic heterocycles. The van der Waals surface area contributed by atoms with Gasteiger partial charge in [0.15, 0.2) is 0 Å². The summed E-state index contributed by atoms with van der Waals surface area (Å²) in [5, 5.41) is 22.5. The zero-order chi connectivity index (χ0) is 57.3. The summed E-state index contributed by atoms with van der Waals surface area (Å²) < 4.78 is 5.03. The molecule has 0 N–H and O–H groups in total. The van der Waals surface area contributed by atoms with Gasteiger partial charge in [-0.05, 0) is 163 Å². The van der Waals surface area contributed by atoms with E-state index in [9.17, 15) is 0 Å². The highest BCUT2D eigenvalue weighted by atomic mass is 14.9. The first-order valence-electron chi connectivity index (χ1n) is 30.7. The zero-order valence-corrected chi connectivity index (χ0v) is 47.8. The lowest BCUT2D eigenvalue weighted by Gasteiger charge is -2.21. The molecule has 0 saturated carbocycles. The molecule has 20 aromatic rings. The van der Waals surface area contributed by atoms with Crippen molar-refractivity contribution in [1.29, 1.82) is 0 Å². The van der Waals surface area contributed by atoms with Crippen LogP contribution in [0.2, 0.25) is 0 Å². The van der Waals surface area contributed by atoms with E-state index in [-0.39, 0.29) is 0 Å². The van der Waals surface area contributed by atoms with Gasteiger partial charge in [0.25, 0.3) is 0 Å². The fourth-order valence-electron chi connectivity index (χ4n) is 16.1. The van der Waals surface area contributed by atoms with E-state index in [4.69, 9.17) is 0 Å². The van der Waals surface area contributed by atoms with Crippen molar-refractivity contribution in [2.75, 3.05) is 0 Å². The predicted octanol–water partition coefficient (Wildman–Crippen LogP) is 23.8. The van der Waals surface area contributed by atoms with E-state index < -0.39 is 0 Å². The van der Waals surface area contributed by atoms with Crippen LogP contribution >= 0.6 is 0 Å². The second-order valence-electron chi connectivity index (χ2n) is 24.1. The minimum Gasteiger partial charge on any atom is -0.308 e. The van der Waals surface area contributed by atoms with Crippen molar-refractivity contribution in [2.24, 2.45) is 0 Å². The number of hydrogen-bond acceptors (Lipinski definition) is 0. The van der Waals surface area contributed by atoms with E-state index >= 15 is 0 Å². The van der Waals surface area contributed by atoms with Crippen molar-refractivity contribution in [2.45, 2.75) is 0 Å². The Morgan fingerprint density at radius 3 is 1.25 bits per heavy atom. The van der Waals surface area contributed by atoms with Crippen molar-refractivity contribution in [3.63, 3.8) is 0 Å². The Morgan fingerprint density at radius 1 is 0.170 bits per heavy atom. The van der Waals surface area contributed by atoms with Gasteiger partial charge in [-0.1, -0.05) is 261 Å². The van der Waals surface area contributed by atoms with Crippen molar-refractivity contribution < 1.29 is 0 Å². The van der Waals surface area contributed by atoms with E-state index in [2.05, 4.69) is 312 Å². The molecule has 0 aliphatic rings. The minimum atomic E-state index is 1.16. The smallest absolute Gasteiger partial charge is 0.0620 e.